The van der Waals surface area contributed by atoms with Gasteiger partial charge in [-0.3, -0.25) is 19.1 Å². The van der Waals surface area contributed by atoms with E-state index >= 15 is 0 Å². The Morgan fingerprint density at radius 2 is 1.80 bits per heavy atom. The number of amides is 4. The Labute approximate surface area is 320 Å². The summed E-state index contributed by atoms with van der Waals surface area (Å²) < 4.78 is 46.0. The number of rotatable bonds is 6. The van der Waals surface area contributed by atoms with E-state index in [1.807, 2.05) is 61.5 Å². The maximum Gasteiger partial charge on any atom is 0.407 e. The summed E-state index contributed by atoms with van der Waals surface area (Å²) in [6.45, 7) is 11.2. The fourth-order valence-corrected chi connectivity index (χ4v) is 8.54. The minimum atomic E-state index is -3.91. The molecule has 4 bridgehead atoms. The molecule has 4 amide bonds. The number of aromatic nitrogens is 1. The smallest absolute Gasteiger partial charge is 0.407 e. The van der Waals surface area contributed by atoms with E-state index in [1.165, 1.54) is 11.0 Å². The Hall–Kier alpha value is -5.18. The zero-order valence-electron chi connectivity index (χ0n) is 31.4. The Balaban J connectivity index is 1.26. The third-order valence-corrected chi connectivity index (χ3v) is 12.4. The van der Waals surface area contributed by atoms with Crippen LogP contribution in [0.2, 0.25) is 0 Å². The average Bonchev–Trinajstić information content (AvgIpc) is 4.07. The maximum absolute atomic E-state index is 14.6. The molecule has 3 heterocycles. The molecule has 4 aliphatic rings. The number of carbonyl (C=O) groups excluding carboxylic acids is 4. The van der Waals surface area contributed by atoms with Gasteiger partial charge in [-0.2, -0.15) is 0 Å². The van der Waals surface area contributed by atoms with Crippen molar-refractivity contribution in [3.63, 3.8) is 0 Å². The first-order valence-electron chi connectivity index (χ1n) is 18.6. The first-order valence-corrected chi connectivity index (χ1v) is 20.2. The largest absolute Gasteiger partial charge is 0.493 e. The van der Waals surface area contributed by atoms with E-state index in [0.29, 0.717) is 35.6 Å². The van der Waals surface area contributed by atoms with Crippen molar-refractivity contribution in [1.82, 2.24) is 25.2 Å². The van der Waals surface area contributed by atoms with Crippen LogP contribution in [0, 0.1) is 17.3 Å². The van der Waals surface area contributed by atoms with Crippen LogP contribution in [0.5, 0.6) is 11.5 Å². The lowest BCUT2D eigenvalue weighted by Crippen LogP contribution is -2.60. The number of carbonyl (C=O) groups is 4. The number of para-hydroxylation sites is 1. The van der Waals surface area contributed by atoms with Gasteiger partial charge >= 0.3 is 6.09 Å². The molecular weight excluding hydrogens is 727 g/mol. The first kappa shape index (κ1) is 38.1. The van der Waals surface area contributed by atoms with Crippen LogP contribution in [-0.2, 0) is 29.1 Å². The molecule has 3 aromatic rings. The van der Waals surface area contributed by atoms with Gasteiger partial charge in [-0.15, -0.1) is 6.58 Å². The number of cyclic esters (lactones) is 1. The topological polar surface area (TPSA) is 182 Å². The number of nitrogens with one attached hydrogen (secondary N) is 3. The van der Waals surface area contributed by atoms with Gasteiger partial charge in [0.2, 0.25) is 21.8 Å². The second kappa shape index (κ2) is 14.5. The number of hydrogen-bond acceptors (Lipinski definition) is 10. The average molecular weight is 774 g/mol. The molecule has 14 nitrogen and oxygen atoms in total. The Kier molecular flexibility index (Phi) is 10.0. The molecular formula is C40H47N5O9S. The van der Waals surface area contributed by atoms with Crippen LogP contribution in [0.15, 0.2) is 67.3 Å². The van der Waals surface area contributed by atoms with Crippen molar-refractivity contribution in [3.05, 3.63) is 67.3 Å². The summed E-state index contributed by atoms with van der Waals surface area (Å²) >= 11 is 0. The quantitative estimate of drug-likeness (QED) is 0.309. The molecule has 3 N–H and O–H groups in total. The second-order valence-corrected chi connectivity index (χ2v) is 18.1. The molecule has 7 rings (SSSR count). The molecule has 15 heteroatoms. The molecule has 1 saturated heterocycles. The SMILES string of the molecule is C=C[C@@H]1CC1(NC(=O)[C@@H]1CC2CN1C(=O)[C@H](C(C)(C)C)NC(=O)OC[C@@H](C)COc1cccc(c1)-c1nc3ccccc3cc1O2)C(=O)NS(=O)(=O)C1CC1. The highest BCUT2D eigenvalue weighted by Crippen LogP contribution is 2.46. The lowest BCUT2D eigenvalue weighted by molar-refractivity contribution is -0.142. The van der Waals surface area contributed by atoms with Crippen LogP contribution in [0.3, 0.4) is 0 Å². The van der Waals surface area contributed by atoms with Crippen molar-refractivity contribution >= 4 is 44.7 Å². The van der Waals surface area contributed by atoms with E-state index in [2.05, 4.69) is 21.9 Å². The van der Waals surface area contributed by atoms with E-state index in [1.54, 1.807) is 20.8 Å². The summed E-state index contributed by atoms with van der Waals surface area (Å²) in [5.74, 6) is -1.79. The van der Waals surface area contributed by atoms with E-state index in [4.69, 9.17) is 19.2 Å². The summed E-state index contributed by atoms with van der Waals surface area (Å²) in [4.78, 5) is 62.1. The Bertz CT molecular complexity index is 2150. The summed E-state index contributed by atoms with van der Waals surface area (Å²) in [5, 5.41) is 5.72. The molecule has 0 spiro atoms. The molecule has 2 saturated carbocycles. The van der Waals surface area contributed by atoms with Crippen LogP contribution in [0.4, 0.5) is 4.79 Å². The highest BCUT2D eigenvalue weighted by Gasteiger charge is 2.62. The summed E-state index contributed by atoms with van der Waals surface area (Å²) in [6.07, 6.45) is 1.03. The van der Waals surface area contributed by atoms with Gasteiger partial charge in [-0.05, 0) is 48.9 Å². The van der Waals surface area contributed by atoms with Gasteiger partial charge in [0.15, 0.2) is 0 Å². The molecule has 2 aliphatic carbocycles. The van der Waals surface area contributed by atoms with Crippen LogP contribution in [0.1, 0.15) is 53.4 Å². The van der Waals surface area contributed by atoms with Crippen molar-refractivity contribution in [1.29, 1.82) is 0 Å². The lowest BCUT2D eigenvalue weighted by Gasteiger charge is -2.35. The number of sulfonamides is 1. The zero-order valence-corrected chi connectivity index (χ0v) is 32.2. The molecule has 2 unspecified atom stereocenters. The predicted molar refractivity (Wildman–Crippen MR) is 203 cm³/mol. The molecule has 0 radical (unpaired) electrons. The second-order valence-electron chi connectivity index (χ2n) is 16.2. The highest BCUT2D eigenvalue weighted by atomic mass is 32.2. The van der Waals surface area contributed by atoms with Gasteiger partial charge in [0, 0.05) is 29.2 Å². The van der Waals surface area contributed by atoms with E-state index in [9.17, 15) is 27.6 Å². The fraction of sp³-hybridized carbons (Fsp3) is 0.475. The van der Waals surface area contributed by atoms with Gasteiger partial charge < -0.3 is 29.7 Å². The van der Waals surface area contributed by atoms with Crippen molar-refractivity contribution in [3.8, 4) is 22.8 Å². The van der Waals surface area contributed by atoms with Crippen molar-refractivity contribution in [2.75, 3.05) is 19.8 Å². The lowest BCUT2D eigenvalue weighted by atomic mass is 9.85. The summed E-state index contributed by atoms with van der Waals surface area (Å²) in [6, 6.07) is 14.6. The fourth-order valence-electron chi connectivity index (χ4n) is 7.18. The number of benzene rings is 2. The molecule has 6 atom stereocenters. The molecule has 3 fully saturated rings. The minimum absolute atomic E-state index is 0.0165. The Morgan fingerprint density at radius 3 is 2.51 bits per heavy atom. The zero-order chi connectivity index (χ0) is 39.3. The van der Waals surface area contributed by atoms with Gasteiger partial charge in [0.25, 0.3) is 5.91 Å². The number of pyridine rings is 1. The van der Waals surface area contributed by atoms with Crippen LogP contribution in [-0.4, -0.2) is 90.9 Å². The van der Waals surface area contributed by atoms with Gasteiger partial charge in [-0.1, -0.05) is 64.1 Å². The predicted octanol–water partition coefficient (Wildman–Crippen LogP) is 4.09. The van der Waals surface area contributed by atoms with Crippen LogP contribution in [0.25, 0.3) is 22.2 Å². The Morgan fingerprint density at radius 1 is 1.05 bits per heavy atom. The van der Waals surface area contributed by atoms with E-state index in [0.717, 1.165) is 10.9 Å². The molecule has 292 valence electrons. The monoisotopic (exact) mass is 773 g/mol. The number of nitrogens with zero attached hydrogens (tertiary/aromatic N) is 2. The minimum Gasteiger partial charge on any atom is -0.493 e. The van der Waals surface area contributed by atoms with E-state index in [-0.39, 0.29) is 38.5 Å². The molecule has 55 heavy (non-hydrogen) atoms. The third kappa shape index (κ3) is 7.98. The van der Waals surface area contributed by atoms with Crippen LogP contribution >= 0.6 is 0 Å². The normalized spacial score (nSPS) is 27.2. The van der Waals surface area contributed by atoms with Gasteiger partial charge in [-0.25, -0.2) is 18.2 Å². The van der Waals surface area contributed by atoms with Crippen molar-refractivity contribution in [2.24, 2.45) is 17.3 Å². The number of ether oxygens (including phenoxy) is 3. The summed E-state index contributed by atoms with van der Waals surface area (Å²) in [5.41, 5.74) is -0.403. The molecule has 2 aliphatic heterocycles. The highest BCUT2D eigenvalue weighted by molar-refractivity contribution is 7.91. The van der Waals surface area contributed by atoms with Gasteiger partial charge in [0.05, 0.1) is 30.5 Å². The number of fused-ring (bicyclic) bond motifs is 7. The first-order chi connectivity index (χ1) is 26.1. The third-order valence-electron chi connectivity index (χ3n) is 10.6. The van der Waals surface area contributed by atoms with Crippen molar-refractivity contribution in [2.45, 2.75) is 82.4 Å². The standard InChI is InChI=1S/C40H47N5O9S/c1-6-26-19-40(26,37(48)44-55(50,51)29-14-15-29)43-35(46)31-18-28-20-45(31)36(47)34(39(3,4)5)42-38(49)53-22-23(2)21-52-27-12-9-11-25(16-27)33-32(54-28)17-24-10-7-8-13-30(24)41-33/h6-13,16-17,23,26,28-29,31,34H,1,14-15,18-22H2,2-5H3,(H,42,49)(H,43,46)(H,44,48)/t23-,26+,28?,31-,34+,40?/m0/s1. The van der Waals surface area contributed by atoms with Gasteiger partial charge in [0.1, 0.15) is 40.9 Å². The van der Waals surface area contributed by atoms with Crippen LogP contribution < -0.4 is 24.8 Å². The molecule has 2 aromatic carbocycles. The van der Waals surface area contributed by atoms with E-state index < -0.39 is 74.1 Å². The number of hydrogen-bond donors (Lipinski definition) is 3. The maximum atomic E-state index is 14.6. The summed E-state index contributed by atoms with van der Waals surface area (Å²) in [7, 11) is -3.91. The molecule has 1 aromatic heterocycles. The number of alkyl carbamates (subject to hydrolysis) is 1. The van der Waals surface area contributed by atoms with Crippen molar-refractivity contribution < 1.29 is 41.8 Å².